The predicted molar refractivity (Wildman–Crippen MR) is 83.0 cm³/mol. The van der Waals surface area contributed by atoms with Gasteiger partial charge in [0.05, 0.1) is 7.11 Å². The number of rotatable bonds is 3. The van der Waals surface area contributed by atoms with Crippen LogP contribution < -0.4 is 5.32 Å². The molecule has 0 radical (unpaired) electrons. The van der Waals surface area contributed by atoms with Crippen molar-refractivity contribution in [3.05, 3.63) is 39.4 Å². The molecule has 21 heavy (non-hydrogen) atoms. The fraction of sp³-hybridized carbons (Fsp3) is 0.333. The first-order chi connectivity index (χ1) is 9.81. The molecule has 1 aliphatic rings. The van der Waals surface area contributed by atoms with Gasteiger partial charge in [0.15, 0.2) is 0 Å². The number of nitrogens with one attached hydrogen (secondary N) is 1. The van der Waals surface area contributed by atoms with Crippen LogP contribution in [-0.4, -0.2) is 24.4 Å². The number of halogens is 2. The van der Waals surface area contributed by atoms with Crippen LogP contribution in [0.5, 0.6) is 0 Å². The number of anilines is 1. The molecule has 0 aliphatic carbocycles. The second kappa shape index (κ2) is 5.70. The molecule has 0 spiro atoms. The first-order valence-corrected chi connectivity index (χ1v) is 7.11. The Hall–Kier alpha value is -1.52. The average molecular weight is 328 g/mol. The molecule has 0 saturated carbocycles. The van der Waals surface area contributed by atoms with Crippen molar-refractivity contribution in [3.8, 4) is 0 Å². The van der Waals surface area contributed by atoms with Gasteiger partial charge in [0.25, 0.3) is 0 Å². The summed E-state index contributed by atoms with van der Waals surface area (Å²) in [6.45, 7) is 3.76. The van der Waals surface area contributed by atoms with Crippen molar-refractivity contribution in [2.45, 2.75) is 25.8 Å². The first-order valence-electron chi connectivity index (χ1n) is 6.35. The molecule has 0 saturated heterocycles. The predicted octanol–water partition coefficient (Wildman–Crippen LogP) is 3.53. The highest BCUT2D eigenvalue weighted by Crippen LogP contribution is 2.38. The molecule has 112 valence electrons. The van der Waals surface area contributed by atoms with Crippen LogP contribution in [0.15, 0.2) is 22.7 Å². The molecule has 2 rings (SSSR count). The number of ether oxygens (including phenoxy) is 1. The van der Waals surface area contributed by atoms with Gasteiger partial charge in [-0.1, -0.05) is 35.3 Å². The normalized spacial score (nSPS) is 19.8. The Labute approximate surface area is 133 Å². The number of benzene rings is 1. The van der Waals surface area contributed by atoms with Crippen molar-refractivity contribution >= 4 is 40.6 Å². The fourth-order valence-electron chi connectivity index (χ4n) is 2.64. The molecule has 1 aromatic rings. The summed E-state index contributed by atoms with van der Waals surface area (Å²) in [5, 5.41) is 3.00. The van der Waals surface area contributed by atoms with E-state index in [1.165, 1.54) is 13.2 Å². The Kier molecular flexibility index (Phi) is 4.30. The summed E-state index contributed by atoms with van der Waals surface area (Å²) in [5.41, 5.74) is 1.43. The number of ketones is 1. The lowest BCUT2D eigenvalue weighted by Gasteiger charge is -2.24. The van der Waals surface area contributed by atoms with Crippen LogP contribution in [0.1, 0.15) is 27.9 Å². The summed E-state index contributed by atoms with van der Waals surface area (Å²) in [5.74, 6) is -0.987. The summed E-state index contributed by atoms with van der Waals surface area (Å²) in [4.78, 5) is 25.0. The van der Waals surface area contributed by atoms with Crippen molar-refractivity contribution in [2.75, 3.05) is 12.4 Å². The highest BCUT2D eigenvalue weighted by molar-refractivity contribution is 6.55. The molecule has 0 aromatic heterocycles. The number of aryl methyl sites for hydroxylation is 2. The van der Waals surface area contributed by atoms with Crippen molar-refractivity contribution in [1.82, 2.24) is 0 Å². The molecule has 1 N–H and O–H groups in total. The lowest BCUT2D eigenvalue weighted by atomic mass is 9.88. The minimum absolute atomic E-state index is 0.00302. The van der Waals surface area contributed by atoms with Gasteiger partial charge in [-0.05, 0) is 31.0 Å². The second-order valence-corrected chi connectivity index (χ2v) is 6.06. The molecular formula is C15H15Cl2NO3. The molecule has 1 heterocycles. The Morgan fingerprint density at radius 1 is 1.38 bits per heavy atom. The third kappa shape index (κ3) is 2.65. The van der Waals surface area contributed by atoms with Crippen LogP contribution in [0.25, 0.3) is 0 Å². The summed E-state index contributed by atoms with van der Waals surface area (Å²) >= 11 is 11.2. The zero-order valence-corrected chi connectivity index (χ0v) is 13.4. The highest BCUT2D eigenvalue weighted by atomic mass is 35.5. The van der Waals surface area contributed by atoms with Crippen LogP contribution in [0.2, 0.25) is 0 Å². The summed E-state index contributed by atoms with van der Waals surface area (Å²) in [6, 6.07) is 3.73. The van der Waals surface area contributed by atoms with E-state index in [-0.39, 0.29) is 16.7 Å². The van der Waals surface area contributed by atoms with E-state index < -0.39 is 11.5 Å². The fourth-order valence-corrected chi connectivity index (χ4v) is 2.80. The standard InChI is InChI=1S/C15H15Cl2NO3/c1-8-6-9(2)12-10(7-8)18-15(13(12)19,14(20)21-3)5-4-11(16)17/h4,6-7,18H,5H2,1-3H3. The van der Waals surface area contributed by atoms with E-state index in [2.05, 4.69) is 5.32 Å². The van der Waals surface area contributed by atoms with Crippen LogP contribution in [0.3, 0.4) is 0 Å². The van der Waals surface area contributed by atoms with Gasteiger partial charge in [0, 0.05) is 17.7 Å². The van der Waals surface area contributed by atoms with Crippen molar-refractivity contribution < 1.29 is 14.3 Å². The van der Waals surface area contributed by atoms with Crippen LogP contribution >= 0.6 is 23.2 Å². The number of carbonyl (C=O) groups excluding carboxylic acids is 2. The second-order valence-electron chi connectivity index (χ2n) is 5.05. The third-order valence-corrected chi connectivity index (χ3v) is 3.85. The van der Waals surface area contributed by atoms with E-state index in [9.17, 15) is 9.59 Å². The maximum Gasteiger partial charge on any atom is 0.340 e. The molecule has 0 bridgehead atoms. The maximum atomic E-state index is 12.8. The topological polar surface area (TPSA) is 55.4 Å². The SMILES string of the molecule is COC(=O)C1(CC=C(Cl)Cl)Nc2cc(C)cc(C)c2C1=O. The molecule has 4 nitrogen and oxygen atoms in total. The van der Waals surface area contributed by atoms with Gasteiger partial charge in [0.2, 0.25) is 11.3 Å². The van der Waals surface area contributed by atoms with Gasteiger partial charge < -0.3 is 10.1 Å². The van der Waals surface area contributed by atoms with Gasteiger partial charge >= 0.3 is 5.97 Å². The number of hydrogen-bond donors (Lipinski definition) is 1. The third-order valence-electron chi connectivity index (χ3n) is 3.54. The number of hydrogen-bond acceptors (Lipinski definition) is 4. The van der Waals surface area contributed by atoms with Gasteiger partial charge in [-0.3, -0.25) is 4.79 Å². The van der Waals surface area contributed by atoms with Gasteiger partial charge in [-0.15, -0.1) is 0 Å². The van der Waals surface area contributed by atoms with Crippen LogP contribution in [0.4, 0.5) is 5.69 Å². The van der Waals surface area contributed by atoms with Crippen LogP contribution in [0, 0.1) is 13.8 Å². The minimum atomic E-state index is -1.51. The van der Waals surface area contributed by atoms with E-state index in [4.69, 9.17) is 27.9 Å². The largest absolute Gasteiger partial charge is 0.467 e. The lowest BCUT2D eigenvalue weighted by Crippen LogP contribution is -2.50. The smallest absolute Gasteiger partial charge is 0.340 e. The molecule has 1 aliphatic heterocycles. The molecule has 0 fully saturated rings. The van der Waals surface area contributed by atoms with Crippen molar-refractivity contribution in [1.29, 1.82) is 0 Å². The maximum absolute atomic E-state index is 12.8. The lowest BCUT2D eigenvalue weighted by molar-refractivity contribution is -0.143. The Morgan fingerprint density at radius 3 is 2.62 bits per heavy atom. The number of esters is 1. The number of methoxy groups -OCH3 is 1. The quantitative estimate of drug-likeness (QED) is 0.681. The Balaban J connectivity index is 2.56. The number of fused-ring (bicyclic) bond motifs is 1. The van der Waals surface area contributed by atoms with E-state index in [1.807, 2.05) is 26.0 Å². The number of carbonyl (C=O) groups is 2. The number of Topliss-reactive ketones (excluding diaryl/α,β-unsaturated/α-hetero) is 1. The van der Waals surface area contributed by atoms with Gasteiger partial charge in [-0.2, -0.15) is 0 Å². The summed E-state index contributed by atoms with van der Waals surface area (Å²) in [7, 11) is 1.24. The van der Waals surface area contributed by atoms with Gasteiger partial charge in [-0.25, -0.2) is 4.79 Å². The molecular weight excluding hydrogens is 313 g/mol. The van der Waals surface area contributed by atoms with Crippen molar-refractivity contribution in [2.24, 2.45) is 0 Å². The average Bonchev–Trinajstić information content (AvgIpc) is 2.69. The zero-order chi connectivity index (χ0) is 15.8. The highest BCUT2D eigenvalue weighted by Gasteiger charge is 2.52. The summed E-state index contributed by atoms with van der Waals surface area (Å²) < 4.78 is 4.80. The molecule has 1 aromatic carbocycles. The Bertz CT molecular complexity index is 651. The molecule has 1 unspecified atom stereocenters. The zero-order valence-electron chi connectivity index (χ0n) is 11.9. The van der Waals surface area contributed by atoms with E-state index in [1.54, 1.807) is 0 Å². The summed E-state index contributed by atoms with van der Waals surface area (Å²) in [6.07, 6.45) is 1.44. The van der Waals surface area contributed by atoms with Crippen LogP contribution in [-0.2, 0) is 9.53 Å². The van der Waals surface area contributed by atoms with E-state index >= 15 is 0 Å². The molecule has 1 atom stereocenters. The van der Waals surface area contributed by atoms with E-state index in [0.717, 1.165) is 11.1 Å². The molecule has 6 heteroatoms. The first kappa shape index (κ1) is 15.9. The molecule has 0 amide bonds. The monoisotopic (exact) mass is 327 g/mol. The van der Waals surface area contributed by atoms with Crippen molar-refractivity contribution in [3.63, 3.8) is 0 Å². The minimum Gasteiger partial charge on any atom is -0.467 e. The van der Waals surface area contributed by atoms with E-state index in [0.29, 0.717) is 11.3 Å². The Morgan fingerprint density at radius 2 is 2.05 bits per heavy atom. The van der Waals surface area contributed by atoms with Gasteiger partial charge in [0.1, 0.15) is 4.49 Å².